The van der Waals surface area contributed by atoms with Crippen molar-refractivity contribution in [1.82, 2.24) is 0 Å². The van der Waals surface area contributed by atoms with Gasteiger partial charge in [0.1, 0.15) is 5.75 Å². The molecule has 1 aromatic carbocycles. The van der Waals surface area contributed by atoms with Crippen molar-refractivity contribution in [1.29, 1.82) is 0 Å². The number of aliphatic carboxylic acids is 2. The number of phenols is 1. The van der Waals surface area contributed by atoms with Gasteiger partial charge in [-0.25, -0.2) is 0 Å². The van der Waals surface area contributed by atoms with E-state index in [2.05, 4.69) is 4.99 Å². The molecule has 0 aromatic heterocycles. The van der Waals surface area contributed by atoms with E-state index in [1.54, 1.807) is 19.2 Å². The van der Waals surface area contributed by atoms with Crippen LogP contribution in [0.15, 0.2) is 29.3 Å². The van der Waals surface area contributed by atoms with Crippen molar-refractivity contribution >= 4 is 17.7 Å². The number of nitrogens with zero attached hydrogens (tertiary/aromatic N) is 1. The molecule has 1 aliphatic carbocycles. The maximum Gasteiger partial charge on any atom is 0.310 e. The molecule has 0 aliphatic heterocycles. The molecule has 1 aliphatic rings. The van der Waals surface area contributed by atoms with E-state index in [1.807, 2.05) is 0 Å². The van der Waals surface area contributed by atoms with Crippen molar-refractivity contribution in [3.8, 4) is 5.75 Å². The lowest BCUT2D eigenvalue weighted by molar-refractivity contribution is -0.156. The number of aromatic hydroxyl groups is 1. The highest BCUT2D eigenvalue weighted by atomic mass is 16.4. The normalized spacial score (nSPS) is 17.8. The van der Waals surface area contributed by atoms with Gasteiger partial charge in [-0.2, -0.15) is 0 Å². The second-order valence-electron chi connectivity index (χ2n) is 5.70. The summed E-state index contributed by atoms with van der Waals surface area (Å²) in [5.74, 6) is -2.22. The Morgan fingerprint density at radius 1 is 1.18 bits per heavy atom. The number of carbonyl (C=O) groups is 2. The monoisotopic (exact) mass is 305 g/mol. The highest BCUT2D eigenvalue weighted by molar-refractivity contribution is 6.03. The predicted octanol–water partition coefficient (Wildman–Crippen LogP) is 2.16. The standard InChI is InChI=1S/C16H19NO5/c1-17-13(10-2-6-12(18)7-3-10)8-16(15(21)22,9-14(19)20)11-4-5-11/h2-3,6-7,11,18H,4-5,8-9H2,1H3,(H,19,20)(H,21,22). The van der Waals surface area contributed by atoms with Gasteiger partial charge in [0.05, 0.1) is 11.8 Å². The summed E-state index contributed by atoms with van der Waals surface area (Å²) in [5.41, 5.74) is -0.0917. The van der Waals surface area contributed by atoms with Gasteiger partial charge in [-0.15, -0.1) is 0 Å². The van der Waals surface area contributed by atoms with Crippen LogP contribution >= 0.6 is 0 Å². The van der Waals surface area contributed by atoms with Gasteiger partial charge in [0.15, 0.2) is 0 Å². The van der Waals surface area contributed by atoms with E-state index in [1.165, 1.54) is 12.1 Å². The highest BCUT2D eigenvalue weighted by Crippen LogP contribution is 2.51. The van der Waals surface area contributed by atoms with E-state index in [4.69, 9.17) is 5.11 Å². The molecule has 2 rings (SSSR count). The van der Waals surface area contributed by atoms with E-state index >= 15 is 0 Å². The Labute approximate surface area is 128 Å². The Bertz CT molecular complexity index is 603. The van der Waals surface area contributed by atoms with Crippen molar-refractivity contribution < 1.29 is 24.9 Å². The van der Waals surface area contributed by atoms with Crippen molar-refractivity contribution in [2.24, 2.45) is 16.3 Å². The number of aliphatic imine (C=N–C) groups is 1. The Kier molecular flexibility index (Phi) is 4.49. The topological polar surface area (TPSA) is 107 Å². The molecule has 1 saturated carbocycles. The third kappa shape index (κ3) is 3.27. The summed E-state index contributed by atoms with van der Waals surface area (Å²) in [6, 6.07) is 6.30. The zero-order valence-electron chi connectivity index (χ0n) is 12.3. The first-order chi connectivity index (χ1) is 10.4. The molecule has 0 saturated heterocycles. The summed E-state index contributed by atoms with van der Waals surface area (Å²) in [7, 11) is 1.56. The van der Waals surface area contributed by atoms with Crippen LogP contribution in [0.25, 0.3) is 0 Å². The van der Waals surface area contributed by atoms with Crippen LogP contribution in [0.2, 0.25) is 0 Å². The summed E-state index contributed by atoms with van der Waals surface area (Å²) in [6.07, 6.45) is 1.11. The van der Waals surface area contributed by atoms with Gasteiger partial charge in [0.25, 0.3) is 0 Å². The highest BCUT2D eigenvalue weighted by Gasteiger charge is 2.53. The average molecular weight is 305 g/mol. The number of hydrogen-bond donors (Lipinski definition) is 3. The number of benzene rings is 1. The van der Waals surface area contributed by atoms with Gasteiger partial charge >= 0.3 is 11.9 Å². The summed E-state index contributed by atoms with van der Waals surface area (Å²) in [4.78, 5) is 27.1. The minimum atomic E-state index is -1.32. The SMILES string of the molecule is CN=C(CC(CC(=O)O)(C(=O)O)C1CC1)c1ccc(O)cc1. The fourth-order valence-corrected chi connectivity index (χ4v) is 2.85. The minimum Gasteiger partial charge on any atom is -0.508 e. The van der Waals surface area contributed by atoms with Crippen LogP contribution in [0, 0.1) is 11.3 Å². The summed E-state index contributed by atoms with van der Waals surface area (Å²) >= 11 is 0. The van der Waals surface area contributed by atoms with Crippen molar-refractivity contribution in [2.75, 3.05) is 7.05 Å². The van der Waals surface area contributed by atoms with Gasteiger partial charge in [-0.1, -0.05) is 0 Å². The molecule has 6 nitrogen and oxygen atoms in total. The number of phenolic OH excluding ortho intramolecular Hbond substituents is 1. The molecule has 0 amide bonds. The fraction of sp³-hybridized carbons (Fsp3) is 0.438. The minimum absolute atomic E-state index is 0.0700. The van der Waals surface area contributed by atoms with Crippen molar-refractivity contribution in [3.05, 3.63) is 29.8 Å². The summed E-state index contributed by atoms with van der Waals surface area (Å²) in [6.45, 7) is 0. The molecule has 0 spiro atoms. The van der Waals surface area contributed by atoms with E-state index in [9.17, 15) is 19.8 Å². The molecule has 22 heavy (non-hydrogen) atoms. The quantitative estimate of drug-likeness (QED) is 0.669. The van der Waals surface area contributed by atoms with Gasteiger partial charge < -0.3 is 15.3 Å². The first-order valence-corrected chi connectivity index (χ1v) is 7.09. The van der Waals surface area contributed by atoms with Crippen LogP contribution in [0.1, 0.15) is 31.2 Å². The van der Waals surface area contributed by atoms with E-state index in [0.717, 1.165) is 12.8 Å². The van der Waals surface area contributed by atoms with Crippen LogP contribution in [-0.4, -0.2) is 40.0 Å². The molecule has 1 aromatic rings. The first kappa shape index (κ1) is 16.0. The molecule has 1 fully saturated rings. The fourth-order valence-electron chi connectivity index (χ4n) is 2.85. The molecule has 0 radical (unpaired) electrons. The second kappa shape index (κ2) is 6.17. The third-order valence-corrected chi connectivity index (χ3v) is 4.20. The van der Waals surface area contributed by atoms with E-state index in [-0.39, 0.29) is 18.1 Å². The van der Waals surface area contributed by atoms with Crippen molar-refractivity contribution in [2.45, 2.75) is 25.7 Å². The Hall–Kier alpha value is -2.37. The number of hydrogen-bond acceptors (Lipinski definition) is 4. The smallest absolute Gasteiger partial charge is 0.310 e. The summed E-state index contributed by atoms with van der Waals surface area (Å²) < 4.78 is 0. The van der Waals surface area contributed by atoms with Crippen LogP contribution < -0.4 is 0 Å². The second-order valence-corrected chi connectivity index (χ2v) is 5.70. The predicted molar refractivity (Wildman–Crippen MR) is 80.2 cm³/mol. The number of carboxylic acids is 2. The van der Waals surface area contributed by atoms with Gasteiger partial charge in [0.2, 0.25) is 0 Å². The zero-order valence-corrected chi connectivity index (χ0v) is 12.3. The molecule has 0 heterocycles. The Balaban J connectivity index is 2.34. The van der Waals surface area contributed by atoms with Crippen molar-refractivity contribution in [3.63, 3.8) is 0 Å². The molecule has 118 valence electrons. The van der Waals surface area contributed by atoms with Gasteiger partial charge in [-0.3, -0.25) is 14.6 Å². The Morgan fingerprint density at radius 2 is 1.77 bits per heavy atom. The van der Waals surface area contributed by atoms with Crippen LogP contribution in [0.3, 0.4) is 0 Å². The third-order valence-electron chi connectivity index (χ3n) is 4.20. The average Bonchev–Trinajstić information content (AvgIpc) is 3.28. The lowest BCUT2D eigenvalue weighted by Gasteiger charge is -2.28. The Morgan fingerprint density at radius 3 is 2.18 bits per heavy atom. The molecule has 0 bridgehead atoms. The van der Waals surface area contributed by atoms with Crippen LogP contribution in [0.4, 0.5) is 0 Å². The molecule has 3 N–H and O–H groups in total. The van der Waals surface area contributed by atoms with Crippen LogP contribution in [0.5, 0.6) is 5.75 Å². The molecular formula is C16H19NO5. The largest absolute Gasteiger partial charge is 0.508 e. The van der Waals surface area contributed by atoms with Gasteiger partial charge in [0, 0.05) is 19.2 Å². The molecular weight excluding hydrogens is 286 g/mol. The lowest BCUT2D eigenvalue weighted by atomic mass is 9.74. The molecule has 1 unspecified atom stereocenters. The lowest BCUT2D eigenvalue weighted by Crippen LogP contribution is -2.38. The maximum absolute atomic E-state index is 11.8. The van der Waals surface area contributed by atoms with E-state index < -0.39 is 23.8 Å². The molecule has 1 atom stereocenters. The van der Waals surface area contributed by atoms with E-state index in [0.29, 0.717) is 11.3 Å². The first-order valence-electron chi connectivity index (χ1n) is 7.09. The van der Waals surface area contributed by atoms with Gasteiger partial charge in [-0.05, 0) is 48.6 Å². The zero-order chi connectivity index (χ0) is 16.3. The number of rotatable bonds is 7. The molecule has 6 heteroatoms. The maximum atomic E-state index is 11.8. The van der Waals surface area contributed by atoms with Crippen LogP contribution in [-0.2, 0) is 9.59 Å². The summed E-state index contributed by atoms with van der Waals surface area (Å²) in [5, 5.41) is 28.1. The number of carboxylic acid groups (broad SMARTS) is 2.